The molecule has 3 aliphatic rings. The molecule has 3 fully saturated rings. The van der Waals surface area contributed by atoms with Gasteiger partial charge < -0.3 is 26.2 Å². The van der Waals surface area contributed by atoms with Gasteiger partial charge in [0.25, 0.3) is 0 Å². The molecule has 0 radical (unpaired) electrons. The van der Waals surface area contributed by atoms with E-state index in [2.05, 4.69) is 31.2 Å². The topological polar surface area (TPSA) is 94.2 Å². The molecular weight excluding hydrogens is 390 g/mol. The molecule has 3 saturated heterocycles. The summed E-state index contributed by atoms with van der Waals surface area (Å²) in [5.41, 5.74) is 0. The van der Waals surface area contributed by atoms with E-state index in [-0.39, 0.29) is 17.9 Å². The first kappa shape index (κ1) is 22.3. The lowest BCUT2D eigenvalue weighted by Gasteiger charge is -2.33. The van der Waals surface area contributed by atoms with Crippen molar-refractivity contribution in [2.75, 3.05) is 49.5 Å². The van der Waals surface area contributed by atoms with Crippen molar-refractivity contribution < 1.29 is 4.79 Å². The molecule has 31 heavy (non-hydrogen) atoms. The number of piperidine rings is 2. The second-order valence-electron chi connectivity index (χ2n) is 9.20. The zero-order chi connectivity index (χ0) is 21.3. The molecule has 0 aliphatic carbocycles. The second kappa shape index (κ2) is 11.6. The predicted octanol–water partition coefficient (Wildman–Crippen LogP) is 1.90. The van der Waals surface area contributed by atoms with Crippen LogP contribution in [0.3, 0.4) is 0 Å². The average molecular weight is 430 g/mol. The molecule has 0 saturated carbocycles. The van der Waals surface area contributed by atoms with E-state index in [1.165, 1.54) is 25.7 Å². The van der Waals surface area contributed by atoms with Crippen molar-refractivity contribution in [3.05, 3.63) is 12.3 Å². The third-order valence-corrected chi connectivity index (χ3v) is 6.93. The van der Waals surface area contributed by atoms with Crippen LogP contribution in [-0.2, 0) is 4.79 Å². The van der Waals surface area contributed by atoms with E-state index in [0.717, 1.165) is 76.6 Å². The van der Waals surface area contributed by atoms with E-state index in [9.17, 15) is 4.79 Å². The third-order valence-electron chi connectivity index (χ3n) is 6.93. The summed E-state index contributed by atoms with van der Waals surface area (Å²) < 4.78 is 0. The molecule has 0 bridgehead atoms. The SMILES string of the molecule is O=C(NCCC1NCCCC1Nc1nccc(N2CCCCCC2)n1)C1CCNCC1. The average Bonchev–Trinajstić information content (AvgIpc) is 3.11. The number of amides is 1. The van der Waals surface area contributed by atoms with Crippen molar-refractivity contribution in [2.24, 2.45) is 5.92 Å². The fourth-order valence-electron chi connectivity index (χ4n) is 5.07. The van der Waals surface area contributed by atoms with Crippen molar-refractivity contribution in [1.29, 1.82) is 0 Å². The van der Waals surface area contributed by atoms with Gasteiger partial charge in [-0.15, -0.1) is 0 Å². The van der Waals surface area contributed by atoms with Crippen LogP contribution in [0.15, 0.2) is 12.3 Å². The summed E-state index contributed by atoms with van der Waals surface area (Å²) in [7, 11) is 0. The van der Waals surface area contributed by atoms with Gasteiger partial charge in [0.1, 0.15) is 5.82 Å². The van der Waals surface area contributed by atoms with Crippen LogP contribution >= 0.6 is 0 Å². The van der Waals surface area contributed by atoms with E-state index in [1.807, 2.05) is 12.3 Å². The zero-order valence-electron chi connectivity index (χ0n) is 18.7. The number of anilines is 2. The highest BCUT2D eigenvalue weighted by atomic mass is 16.1. The lowest BCUT2D eigenvalue weighted by Crippen LogP contribution is -2.50. The summed E-state index contributed by atoms with van der Waals surface area (Å²) in [6.07, 6.45) is 12.0. The Balaban J connectivity index is 1.29. The van der Waals surface area contributed by atoms with Gasteiger partial charge in [-0.3, -0.25) is 4.79 Å². The molecule has 4 heterocycles. The van der Waals surface area contributed by atoms with Crippen molar-refractivity contribution in [3.63, 3.8) is 0 Å². The van der Waals surface area contributed by atoms with Crippen LogP contribution in [0, 0.1) is 5.92 Å². The van der Waals surface area contributed by atoms with Crippen LogP contribution in [0.25, 0.3) is 0 Å². The molecule has 1 aromatic heterocycles. The first-order valence-electron chi connectivity index (χ1n) is 12.4. The van der Waals surface area contributed by atoms with Gasteiger partial charge >= 0.3 is 0 Å². The van der Waals surface area contributed by atoms with Gasteiger partial charge in [0.05, 0.1) is 0 Å². The van der Waals surface area contributed by atoms with Crippen molar-refractivity contribution in [3.8, 4) is 0 Å². The Bertz CT molecular complexity index is 686. The highest BCUT2D eigenvalue weighted by molar-refractivity contribution is 5.78. The van der Waals surface area contributed by atoms with E-state index in [0.29, 0.717) is 12.6 Å². The molecule has 0 spiro atoms. The van der Waals surface area contributed by atoms with Gasteiger partial charge in [-0.1, -0.05) is 12.8 Å². The fraction of sp³-hybridized carbons (Fsp3) is 0.783. The van der Waals surface area contributed by atoms with E-state index in [1.54, 1.807) is 0 Å². The summed E-state index contributed by atoms with van der Waals surface area (Å²) in [6, 6.07) is 2.63. The zero-order valence-corrected chi connectivity index (χ0v) is 18.7. The Kier molecular flexibility index (Phi) is 8.35. The lowest BCUT2D eigenvalue weighted by atomic mass is 9.95. The maximum atomic E-state index is 12.4. The first-order chi connectivity index (χ1) is 15.3. The summed E-state index contributed by atoms with van der Waals surface area (Å²) in [5.74, 6) is 2.15. The number of nitrogens with one attached hydrogen (secondary N) is 4. The summed E-state index contributed by atoms with van der Waals surface area (Å²) >= 11 is 0. The van der Waals surface area contributed by atoms with Crippen LogP contribution in [0.5, 0.6) is 0 Å². The van der Waals surface area contributed by atoms with Gasteiger partial charge in [-0.2, -0.15) is 4.98 Å². The molecule has 3 aliphatic heterocycles. The summed E-state index contributed by atoms with van der Waals surface area (Å²) in [5, 5.41) is 13.7. The lowest BCUT2D eigenvalue weighted by molar-refractivity contribution is -0.125. The minimum atomic E-state index is 0.171. The van der Waals surface area contributed by atoms with Crippen LogP contribution < -0.4 is 26.2 Å². The quantitative estimate of drug-likeness (QED) is 0.526. The Morgan fingerprint density at radius 1 is 1.06 bits per heavy atom. The first-order valence-corrected chi connectivity index (χ1v) is 12.4. The smallest absolute Gasteiger partial charge is 0.224 e. The molecule has 2 atom stereocenters. The minimum absolute atomic E-state index is 0.171. The van der Waals surface area contributed by atoms with Gasteiger partial charge in [0.15, 0.2) is 0 Å². The summed E-state index contributed by atoms with van der Waals surface area (Å²) in [6.45, 7) is 5.81. The molecule has 8 heteroatoms. The largest absolute Gasteiger partial charge is 0.356 e. The number of nitrogens with zero attached hydrogens (tertiary/aromatic N) is 3. The van der Waals surface area contributed by atoms with Gasteiger partial charge in [0, 0.05) is 43.8 Å². The van der Waals surface area contributed by atoms with E-state index in [4.69, 9.17) is 4.98 Å². The van der Waals surface area contributed by atoms with Gasteiger partial charge in [-0.05, 0) is 70.6 Å². The molecule has 2 unspecified atom stereocenters. The highest BCUT2D eigenvalue weighted by Gasteiger charge is 2.26. The predicted molar refractivity (Wildman–Crippen MR) is 124 cm³/mol. The third kappa shape index (κ3) is 6.53. The standard InChI is InChI=1S/C23H39N7O/c31-22(18-7-12-24-13-8-18)26-14-9-19-20(6-5-11-25-19)28-23-27-15-10-21(29-23)30-16-3-1-2-4-17-30/h10,15,18-20,24-25H,1-9,11-14,16-17H2,(H,26,31)(H,27,28,29). The van der Waals surface area contributed by atoms with Crippen LogP contribution in [-0.4, -0.2) is 67.2 Å². The minimum Gasteiger partial charge on any atom is -0.356 e. The molecule has 4 N–H and O–H groups in total. The maximum Gasteiger partial charge on any atom is 0.224 e. The van der Waals surface area contributed by atoms with Crippen molar-refractivity contribution >= 4 is 17.7 Å². The normalized spacial score (nSPS) is 25.6. The van der Waals surface area contributed by atoms with Crippen molar-refractivity contribution in [1.82, 2.24) is 25.9 Å². The molecule has 0 aromatic carbocycles. The van der Waals surface area contributed by atoms with Crippen molar-refractivity contribution in [2.45, 2.75) is 69.9 Å². The van der Waals surface area contributed by atoms with Crippen LogP contribution in [0.1, 0.15) is 57.8 Å². The number of carbonyl (C=O) groups is 1. The molecule has 1 amide bonds. The second-order valence-corrected chi connectivity index (χ2v) is 9.20. The monoisotopic (exact) mass is 429 g/mol. The van der Waals surface area contributed by atoms with Crippen LogP contribution in [0.4, 0.5) is 11.8 Å². The van der Waals surface area contributed by atoms with Gasteiger partial charge in [-0.25, -0.2) is 4.98 Å². The van der Waals surface area contributed by atoms with Gasteiger partial charge in [0.2, 0.25) is 11.9 Å². The Morgan fingerprint density at radius 2 is 1.87 bits per heavy atom. The highest BCUT2D eigenvalue weighted by Crippen LogP contribution is 2.20. The number of rotatable bonds is 7. The molecular formula is C23H39N7O. The summed E-state index contributed by atoms with van der Waals surface area (Å²) in [4.78, 5) is 24.2. The van der Waals surface area contributed by atoms with Crippen LogP contribution in [0.2, 0.25) is 0 Å². The number of carbonyl (C=O) groups excluding carboxylic acids is 1. The Labute approximate surface area is 186 Å². The number of aromatic nitrogens is 2. The maximum absolute atomic E-state index is 12.4. The number of hydrogen-bond donors (Lipinski definition) is 4. The Morgan fingerprint density at radius 3 is 2.68 bits per heavy atom. The van der Waals surface area contributed by atoms with E-state index >= 15 is 0 Å². The molecule has 8 nitrogen and oxygen atoms in total. The van der Waals surface area contributed by atoms with E-state index < -0.39 is 0 Å². The molecule has 172 valence electrons. The molecule has 4 rings (SSSR count). The fourth-order valence-corrected chi connectivity index (χ4v) is 5.07. The Hall–Kier alpha value is -1.93. The number of hydrogen-bond acceptors (Lipinski definition) is 7. The molecule has 1 aromatic rings.